The lowest BCUT2D eigenvalue weighted by Gasteiger charge is -2.00. The third kappa shape index (κ3) is 5.39. The van der Waals surface area contributed by atoms with Crippen LogP contribution in [0.4, 0.5) is 0 Å². The van der Waals surface area contributed by atoms with Crippen molar-refractivity contribution in [2.24, 2.45) is 0 Å². The summed E-state index contributed by atoms with van der Waals surface area (Å²) < 4.78 is 4.66. The van der Waals surface area contributed by atoms with Crippen LogP contribution < -0.4 is 0 Å². The fraction of sp³-hybridized carbons (Fsp3) is 0.500. The molecule has 0 amide bonds. The van der Waals surface area contributed by atoms with Gasteiger partial charge in [-0.3, -0.25) is 0 Å². The van der Waals surface area contributed by atoms with Gasteiger partial charge in [0.15, 0.2) is 0 Å². The number of hydrogen-bond donors (Lipinski definition) is 0. The van der Waals surface area contributed by atoms with Crippen LogP contribution in [0.5, 0.6) is 0 Å². The Kier molecular flexibility index (Phi) is 7.58. The molecule has 0 fully saturated rings. The molecule has 0 aromatic heterocycles. The van der Waals surface area contributed by atoms with Crippen LogP contribution in [-0.2, 0) is 9.53 Å². The van der Waals surface area contributed by atoms with Gasteiger partial charge in [-0.25, -0.2) is 4.79 Å². The molecule has 0 radical (unpaired) electrons. The minimum atomic E-state index is -0.279. The van der Waals surface area contributed by atoms with Crippen LogP contribution in [0.1, 0.15) is 33.1 Å². The summed E-state index contributed by atoms with van der Waals surface area (Å²) in [5.74, 6) is -0.279. The molecule has 0 spiro atoms. The molecule has 0 N–H and O–H groups in total. The first-order chi connectivity index (χ1) is 6.76. The van der Waals surface area contributed by atoms with Gasteiger partial charge in [-0.05, 0) is 25.8 Å². The van der Waals surface area contributed by atoms with Gasteiger partial charge in [0.1, 0.15) is 0 Å². The number of rotatable bonds is 5. The van der Waals surface area contributed by atoms with Crippen LogP contribution >= 0.6 is 0 Å². The quantitative estimate of drug-likeness (QED) is 0.291. The Bertz CT molecular complexity index is 255. The van der Waals surface area contributed by atoms with Crippen molar-refractivity contribution in [2.75, 3.05) is 7.11 Å². The number of esters is 1. The average molecular weight is 194 g/mol. The van der Waals surface area contributed by atoms with Crippen molar-refractivity contribution in [3.05, 3.63) is 29.5 Å². The zero-order valence-electron chi connectivity index (χ0n) is 9.17. The summed E-state index contributed by atoms with van der Waals surface area (Å²) in [5, 5.41) is 0. The van der Waals surface area contributed by atoms with Crippen LogP contribution in [-0.4, -0.2) is 13.1 Å². The Morgan fingerprint density at radius 2 is 2.21 bits per heavy atom. The van der Waals surface area contributed by atoms with Crippen LogP contribution in [0.25, 0.3) is 0 Å². The Hall–Kier alpha value is -1.27. The third-order valence-corrected chi connectivity index (χ3v) is 1.76. The SMILES string of the molecule is C/C=C/C=C=C(CCCC)C(=O)OC. The predicted octanol–water partition coefficient (Wildman–Crippen LogP) is 3.01. The molecule has 0 saturated heterocycles. The zero-order valence-corrected chi connectivity index (χ0v) is 9.17. The summed E-state index contributed by atoms with van der Waals surface area (Å²) in [4.78, 5) is 11.2. The van der Waals surface area contributed by atoms with Crippen molar-refractivity contribution in [3.63, 3.8) is 0 Å². The second kappa shape index (κ2) is 8.33. The van der Waals surface area contributed by atoms with E-state index in [9.17, 15) is 4.79 Å². The number of carbonyl (C=O) groups is 1. The van der Waals surface area contributed by atoms with Gasteiger partial charge in [0, 0.05) is 0 Å². The minimum absolute atomic E-state index is 0.279. The monoisotopic (exact) mass is 194 g/mol. The van der Waals surface area contributed by atoms with Gasteiger partial charge in [-0.15, -0.1) is 5.73 Å². The van der Waals surface area contributed by atoms with E-state index in [-0.39, 0.29) is 5.97 Å². The first-order valence-corrected chi connectivity index (χ1v) is 4.91. The highest BCUT2D eigenvalue weighted by Crippen LogP contribution is 2.07. The predicted molar refractivity (Wildman–Crippen MR) is 58.0 cm³/mol. The number of methoxy groups -OCH3 is 1. The summed E-state index contributed by atoms with van der Waals surface area (Å²) in [6.07, 6.45) is 8.25. The molecule has 0 rings (SSSR count). The molecule has 0 atom stereocenters. The van der Waals surface area contributed by atoms with Gasteiger partial charge >= 0.3 is 5.97 Å². The van der Waals surface area contributed by atoms with E-state index in [2.05, 4.69) is 17.4 Å². The van der Waals surface area contributed by atoms with Crippen molar-refractivity contribution in [1.29, 1.82) is 0 Å². The Morgan fingerprint density at radius 1 is 1.50 bits per heavy atom. The van der Waals surface area contributed by atoms with E-state index < -0.39 is 0 Å². The van der Waals surface area contributed by atoms with E-state index in [0.29, 0.717) is 5.57 Å². The van der Waals surface area contributed by atoms with Crippen molar-refractivity contribution >= 4 is 5.97 Å². The summed E-state index contributed by atoms with van der Waals surface area (Å²) in [7, 11) is 1.39. The normalized spacial score (nSPS) is 9.64. The minimum Gasteiger partial charge on any atom is -0.465 e. The van der Waals surface area contributed by atoms with E-state index in [4.69, 9.17) is 0 Å². The molecule has 78 valence electrons. The number of allylic oxidation sites excluding steroid dienone is 2. The average Bonchev–Trinajstić information content (AvgIpc) is 2.22. The van der Waals surface area contributed by atoms with Gasteiger partial charge in [0.25, 0.3) is 0 Å². The van der Waals surface area contributed by atoms with Gasteiger partial charge < -0.3 is 4.74 Å². The molecule has 0 aromatic rings. The Labute approximate surface area is 86.0 Å². The largest absolute Gasteiger partial charge is 0.465 e. The van der Waals surface area contributed by atoms with Crippen LogP contribution in [0.15, 0.2) is 29.5 Å². The van der Waals surface area contributed by atoms with Crippen molar-refractivity contribution < 1.29 is 9.53 Å². The van der Waals surface area contributed by atoms with Crippen LogP contribution in [0.3, 0.4) is 0 Å². The fourth-order valence-electron chi connectivity index (χ4n) is 0.955. The smallest absolute Gasteiger partial charge is 0.341 e. The highest BCUT2D eigenvalue weighted by atomic mass is 16.5. The topological polar surface area (TPSA) is 26.3 Å². The third-order valence-electron chi connectivity index (χ3n) is 1.76. The van der Waals surface area contributed by atoms with E-state index >= 15 is 0 Å². The number of ether oxygens (including phenoxy) is 1. The lowest BCUT2D eigenvalue weighted by molar-refractivity contribution is -0.136. The van der Waals surface area contributed by atoms with Crippen molar-refractivity contribution in [1.82, 2.24) is 0 Å². The maximum Gasteiger partial charge on any atom is 0.341 e. The molecule has 0 saturated carbocycles. The van der Waals surface area contributed by atoms with Crippen LogP contribution in [0.2, 0.25) is 0 Å². The maximum atomic E-state index is 11.2. The van der Waals surface area contributed by atoms with Gasteiger partial charge in [-0.1, -0.05) is 25.5 Å². The lowest BCUT2D eigenvalue weighted by Crippen LogP contribution is -2.03. The molecule has 0 aliphatic rings. The molecule has 0 unspecified atom stereocenters. The van der Waals surface area contributed by atoms with E-state index in [1.807, 2.05) is 19.1 Å². The van der Waals surface area contributed by atoms with E-state index in [1.165, 1.54) is 7.11 Å². The number of carbonyl (C=O) groups excluding carboxylic acids is 1. The number of hydrogen-bond acceptors (Lipinski definition) is 2. The summed E-state index contributed by atoms with van der Waals surface area (Å²) in [5.41, 5.74) is 3.55. The van der Waals surface area contributed by atoms with Crippen molar-refractivity contribution in [3.8, 4) is 0 Å². The molecule has 14 heavy (non-hydrogen) atoms. The molecule has 2 heteroatoms. The van der Waals surface area contributed by atoms with Gasteiger partial charge in [0.05, 0.1) is 12.7 Å². The second-order valence-electron chi connectivity index (χ2n) is 2.91. The van der Waals surface area contributed by atoms with Gasteiger partial charge in [-0.2, -0.15) is 0 Å². The molecule has 0 heterocycles. The van der Waals surface area contributed by atoms with Crippen molar-refractivity contribution in [2.45, 2.75) is 33.1 Å². The first-order valence-electron chi connectivity index (χ1n) is 4.91. The van der Waals surface area contributed by atoms with E-state index in [1.54, 1.807) is 6.08 Å². The van der Waals surface area contributed by atoms with Gasteiger partial charge in [0.2, 0.25) is 0 Å². The molecule has 0 bridgehead atoms. The highest BCUT2D eigenvalue weighted by molar-refractivity contribution is 5.88. The molecule has 0 aromatic carbocycles. The standard InChI is InChI=1S/C12H18O2/c1-4-6-8-10-11(9-7-5-2)12(13)14-3/h4,6,8H,5,7,9H2,1-3H3/b6-4+. The maximum absolute atomic E-state index is 11.2. The Balaban J connectivity index is 4.53. The lowest BCUT2D eigenvalue weighted by atomic mass is 10.1. The number of unbranched alkanes of at least 4 members (excludes halogenated alkanes) is 1. The summed E-state index contributed by atoms with van der Waals surface area (Å²) >= 11 is 0. The summed E-state index contributed by atoms with van der Waals surface area (Å²) in [6, 6.07) is 0. The second-order valence-corrected chi connectivity index (χ2v) is 2.91. The molecule has 0 aliphatic heterocycles. The zero-order chi connectivity index (χ0) is 10.8. The Morgan fingerprint density at radius 3 is 2.71 bits per heavy atom. The summed E-state index contributed by atoms with van der Waals surface area (Å²) in [6.45, 7) is 4.01. The molecular weight excluding hydrogens is 176 g/mol. The fourth-order valence-corrected chi connectivity index (χ4v) is 0.955. The van der Waals surface area contributed by atoms with E-state index in [0.717, 1.165) is 19.3 Å². The molecular formula is C12H18O2. The molecule has 2 nitrogen and oxygen atoms in total. The highest BCUT2D eigenvalue weighted by Gasteiger charge is 2.06. The molecule has 0 aliphatic carbocycles. The van der Waals surface area contributed by atoms with Crippen LogP contribution in [0, 0.1) is 0 Å². The first kappa shape index (κ1) is 12.7.